The third-order valence-electron chi connectivity index (χ3n) is 5.68. The fourth-order valence-electron chi connectivity index (χ4n) is 3.77. The smallest absolute Gasteiger partial charge is 0.147 e. The topological polar surface area (TPSA) is 45.5 Å². The molecule has 3 aromatic carbocycles. The van der Waals surface area contributed by atoms with Gasteiger partial charge in [0, 0.05) is 6.54 Å². The number of hydrogen-bond donors (Lipinski definition) is 0. The van der Waals surface area contributed by atoms with Crippen LogP contribution in [0.1, 0.15) is 38.6 Å². The lowest BCUT2D eigenvalue weighted by Gasteiger charge is -2.19. The number of rotatable bonds is 9. The van der Waals surface area contributed by atoms with Crippen molar-refractivity contribution in [2.75, 3.05) is 13.7 Å². The predicted molar refractivity (Wildman–Crippen MR) is 132 cm³/mol. The zero-order valence-electron chi connectivity index (χ0n) is 19.9. The number of para-hydroxylation sites is 2. The quantitative estimate of drug-likeness (QED) is 0.281. The second-order valence-electron chi connectivity index (χ2n) is 9.11. The van der Waals surface area contributed by atoms with Crippen molar-refractivity contribution in [3.63, 3.8) is 0 Å². The Labute approximate surface area is 195 Å². The van der Waals surface area contributed by atoms with Gasteiger partial charge < -0.3 is 18.8 Å². The van der Waals surface area contributed by atoms with Crippen LogP contribution >= 0.6 is 0 Å². The highest BCUT2D eigenvalue weighted by Gasteiger charge is 2.13. The van der Waals surface area contributed by atoms with E-state index < -0.39 is 0 Å². The molecule has 5 nitrogen and oxygen atoms in total. The summed E-state index contributed by atoms with van der Waals surface area (Å²) >= 11 is 0. The van der Waals surface area contributed by atoms with Gasteiger partial charge in [0.1, 0.15) is 29.7 Å². The molecule has 0 unspecified atom stereocenters. The Morgan fingerprint density at radius 1 is 0.788 bits per heavy atom. The van der Waals surface area contributed by atoms with E-state index in [1.54, 1.807) is 7.11 Å². The van der Waals surface area contributed by atoms with Crippen molar-refractivity contribution in [1.82, 2.24) is 9.55 Å². The number of aryl methyl sites for hydroxylation is 1. The summed E-state index contributed by atoms with van der Waals surface area (Å²) in [5, 5.41) is 0. The minimum Gasteiger partial charge on any atom is -0.497 e. The number of hydrogen-bond acceptors (Lipinski definition) is 4. The zero-order valence-corrected chi connectivity index (χ0v) is 19.9. The van der Waals surface area contributed by atoms with Crippen LogP contribution < -0.4 is 14.2 Å². The van der Waals surface area contributed by atoms with Crippen LogP contribution in [0.15, 0.2) is 72.8 Å². The number of fused-ring (bicyclic) bond motifs is 1. The molecule has 0 spiro atoms. The highest BCUT2D eigenvalue weighted by atomic mass is 16.5. The number of nitrogens with zero attached hydrogens (tertiary/aromatic N) is 2. The van der Waals surface area contributed by atoms with E-state index in [1.807, 2.05) is 42.5 Å². The van der Waals surface area contributed by atoms with E-state index in [-0.39, 0.29) is 5.41 Å². The van der Waals surface area contributed by atoms with Gasteiger partial charge in [0.05, 0.1) is 24.8 Å². The van der Waals surface area contributed by atoms with Crippen LogP contribution in [0.4, 0.5) is 0 Å². The molecule has 0 aliphatic heterocycles. The lowest BCUT2D eigenvalue weighted by atomic mass is 9.87. The van der Waals surface area contributed by atoms with E-state index in [1.165, 1.54) is 5.56 Å². The zero-order chi connectivity index (χ0) is 23.3. The Morgan fingerprint density at radius 3 is 2.12 bits per heavy atom. The van der Waals surface area contributed by atoms with Gasteiger partial charge in [-0.25, -0.2) is 4.98 Å². The molecule has 4 aromatic rings. The lowest BCUT2D eigenvalue weighted by molar-refractivity contribution is 0.280. The first-order valence-electron chi connectivity index (χ1n) is 11.4. The number of methoxy groups -OCH3 is 1. The summed E-state index contributed by atoms with van der Waals surface area (Å²) in [6.07, 6.45) is 0.872. The monoisotopic (exact) mass is 444 g/mol. The third-order valence-corrected chi connectivity index (χ3v) is 5.68. The summed E-state index contributed by atoms with van der Waals surface area (Å²) in [6, 6.07) is 24.2. The van der Waals surface area contributed by atoms with Crippen LogP contribution in [0.2, 0.25) is 0 Å². The maximum atomic E-state index is 6.01. The third kappa shape index (κ3) is 5.67. The van der Waals surface area contributed by atoms with E-state index in [2.05, 4.69) is 55.7 Å². The fraction of sp³-hybridized carbons (Fsp3) is 0.321. The largest absolute Gasteiger partial charge is 0.497 e. The minimum atomic E-state index is 0.144. The lowest BCUT2D eigenvalue weighted by Crippen LogP contribution is -2.11. The van der Waals surface area contributed by atoms with Crippen molar-refractivity contribution in [2.45, 2.75) is 45.8 Å². The molecule has 0 saturated carbocycles. The molecule has 5 heteroatoms. The molecule has 0 atom stereocenters. The van der Waals surface area contributed by atoms with E-state index >= 15 is 0 Å². The summed E-state index contributed by atoms with van der Waals surface area (Å²) in [4.78, 5) is 4.80. The standard InChI is InChI=1S/C28H32N2O3/c1-28(2,3)21-10-12-23(13-11-21)32-19-7-18-30-26-9-6-5-8-25(26)29-27(30)20-33-24-16-14-22(31-4)15-17-24/h5-6,8-17H,7,18-20H2,1-4H3. The van der Waals surface area contributed by atoms with Gasteiger partial charge in [-0.15, -0.1) is 0 Å². The predicted octanol–water partition coefficient (Wildman–Crippen LogP) is 6.39. The number of benzene rings is 3. The van der Waals surface area contributed by atoms with Gasteiger partial charge >= 0.3 is 0 Å². The molecule has 1 heterocycles. The van der Waals surface area contributed by atoms with Crippen LogP contribution in [-0.2, 0) is 18.6 Å². The second-order valence-corrected chi connectivity index (χ2v) is 9.11. The fourth-order valence-corrected chi connectivity index (χ4v) is 3.77. The van der Waals surface area contributed by atoms with E-state index in [0.29, 0.717) is 13.2 Å². The van der Waals surface area contributed by atoms with Crippen LogP contribution in [0, 0.1) is 0 Å². The number of aromatic nitrogens is 2. The molecular weight excluding hydrogens is 412 g/mol. The average Bonchev–Trinajstić information content (AvgIpc) is 3.18. The van der Waals surface area contributed by atoms with Gasteiger partial charge in [-0.05, 0) is 65.9 Å². The molecule has 4 rings (SSSR count). The van der Waals surface area contributed by atoms with Crippen LogP contribution in [0.5, 0.6) is 17.2 Å². The highest BCUT2D eigenvalue weighted by molar-refractivity contribution is 5.75. The van der Waals surface area contributed by atoms with Crippen molar-refractivity contribution in [3.8, 4) is 17.2 Å². The van der Waals surface area contributed by atoms with Crippen molar-refractivity contribution < 1.29 is 14.2 Å². The van der Waals surface area contributed by atoms with Crippen LogP contribution in [-0.4, -0.2) is 23.3 Å². The first kappa shape index (κ1) is 22.7. The molecule has 0 amide bonds. The minimum absolute atomic E-state index is 0.144. The molecular formula is C28H32N2O3. The molecule has 0 aliphatic rings. The summed E-state index contributed by atoms with van der Waals surface area (Å²) < 4.78 is 19.4. The average molecular weight is 445 g/mol. The molecule has 33 heavy (non-hydrogen) atoms. The number of imidazole rings is 1. The number of ether oxygens (including phenoxy) is 3. The van der Waals surface area contributed by atoms with Crippen molar-refractivity contribution in [1.29, 1.82) is 0 Å². The van der Waals surface area contributed by atoms with Crippen molar-refractivity contribution >= 4 is 11.0 Å². The van der Waals surface area contributed by atoms with Crippen molar-refractivity contribution in [3.05, 3.63) is 84.2 Å². The van der Waals surface area contributed by atoms with E-state index in [0.717, 1.165) is 47.1 Å². The normalized spacial score (nSPS) is 11.5. The molecule has 0 N–H and O–H groups in total. The molecule has 1 aromatic heterocycles. The Kier molecular flexibility index (Phi) is 6.87. The van der Waals surface area contributed by atoms with Crippen molar-refractivity contribution in [2.24, 2.45) is 0 Å². The Hall–Kier alpha value is -3.47. The summed E-state index contributed by atoms with van der Waals surface area (Å²) in [5.74, 6) is 3.40. The molecule has 0 aliphatic carbocycles. The first-order valence-corrected chi connectivity index (χ1v) is 11.4. The summed E-state index contributed by atoms with van der Waals surface area (Å²) in [6.45, 7) is 8.49. The second kappa shape index (κ2) is 9.99. The van der Waals surface area contributed by atoms with Gasteiger partial charge in [0.25, 0.3) is 0 Å². The molecule has 0 fully saturated rings. The maximum absolute atomic E-state index is 6.01. The first-order chi connectivity index (χ1) is 15.9. The molecule has 0 bridgehead atoms. The molecule has 0 saturated heterocycles. The Bertz CT molecular complexity index is 1170. The summed E-state index contributed by atoms with van der Waals surface area (Å²) in [5.41, 5.74) is 3.54. The maximum Gasteiger partial charge on any atom is 0.147 e. The van der Waals surface area contributed by atoms with E-state index in [4.69, 9.17) is 19.2 Å². The Morgan fingerprint density at radius 2 is 1.42 bits per heavy atom. The van der Waals surface area contributed by atoms with Crippen LogP contribution in [0.3, 0.4) is 0 Å². The molecule has 172 valence electrons. The van der Waals surface area contributed by atoms with Gasteiger partial charge in [-0.1, -0.05) is 45.0 Å². The highest BCUT2D eigenvalue weighted by Crippen LogP contribution is 2.25. The van der Waals surface area contributed by atoms with E-state index in [9.17, 15) is 0 Å². The van der Waals surface area contributed by atoms with Gasteiger partial charge in [-0.3, -0.25) is 0 Å². The molecule has 0 radical (unpaired) electrons. The Balaban J connectivity index is 1.39. The SMILES string of the molecule is COc1ccc(OCc2nc3ccccc3n2CCCOc2ccc(C(C)(C)C)cc2)cc1. The van der Waals surface area contributed by atoms with Gasteiger partial charge in [0.2, 0.25) is 0 Å². The van der Waals surface area contributed by atoms with Gasteiger partial charge in [-0.2, -0.15) is 0 Å². The van der Waals surface area contributed by atoms with Gasteiger partial charge in [0.15, 0.2) is 0 Å². The summed E-state index contributed by atoms with van der Waals surface area (Å²) in [7, 11) is 1.66. The van der Waals surface area contributed by atoms with Crippen LogP contribution in [0.25, 0.3) is 11.0 Å².